The van der Waals surface area contributed by atoms with E-state index in [1.165, 1.54) is 9.80 Å². The van der Waals surface area contributed by atoms with Crippen molar-refractivity contribution in [2.75, 3.05) is 32.8 Å². The minimum Gasteiger partial charge on any atom is -0.387 e. The summed E-state index contributed by atoms with van der Waals surface area (Å²) < 4.78 is 5.57. The van der Waals surface area contributed by atoms with Gasteiger partial charge in [0.2, 0.25) is 17.7 Å². The highest BCUT2D eigenvalue weighted by Gasteiger charge is 2.44. The number of hydrogen-bond donors (Lipinski definition) is 2. The lowest BCUT2D eigenvalue weighted by molar-refractivity contribution is -0.158. The zero-order valence-corrected chi connectivity index (χ0v) is 13.8. The van der Waals surface area contributed by atoms with E-state index in [9.17, 15) is 14.4 Å². The molecule has 0 aliphatic carbocycles. The Hall–Kier alpha value is -2.45. The fourth-order valence-corrected chi connectivity index (χ4v) is 3.11. The first kappa shape index (κ1) is 17.4. The van der Waals surface area contributed by atoms with Crippen molar-refractivity contribution in [3.05, 3.63) is 35.9 Å². The topological polar surface area (TPSA) is 99.2 Å². The number of hydrogen-bond acceptors (Lipinski definition) is 5. The number of nitrogens with one attached hydrogen (secondary N) is 1. The molecule has 2 heterocycles. The van der Waals surface area contributed by atoms with Gasteiger partial charge in [-0.3, -0.25) is 14.4 Å². The molecular weight excluding hydrogens is 326 g/mol. The van der Waals surface area contributed by atoms with E-state index in [1.54, 1.807) is 0 Å². The summed E-state index contributed by atoms with van der Waals surface area (Å²) in [5.74, 6) is -0.940. The predicted molar refractivity (Wildman–Crippen MR) is 87.2 cm³/mol. The second kappa shape index (κ2) is 7.62. The molecule has 2 fully saturated rings. The number of amides is 3. The third kappa shape index (κ3) is 3.80. The molecule has 0 radical (unpaired) electrons. The molecule has 2 unspecified atom stereocenters. The van der Waals surface area contributed by atoms with Gasteiger partial charge in [0.1, 0.15) is 18.7 Å². The summed E-state index contributed by atoms with van der Waals surface area (Å²) in [5.41, 5.74) is 0.992. The van der Waals surface area contributed by atoms with Crippen LogP contribution in [0.5, 0.6) is 0 Å². The first-order valence-corrected chi connectivity index (χ1v) is 8.21. The van der Waals surface area contributed by atoms with E-state index in [1.807, 2.05) is 30.3 Å². The predicted octanol–water partition coefficient (Wildman–Crippen LogP) is -1.27. The Morgan fingerprint density at radius 1 is 1.24 bits per heavy atom. The number of piperazine rings is 2. The number of carbonyl (C=O) groups excluding carboxylic acids is 3. The van der Waals surface area contributed by atoms with Gasteiger partial charge < -0.3 is 25.0 Å². The van der Waals surface area contributed by atoms with Crippen molar-refractivity contribution in [1.82, 2.24) is 15.1 Å². The Bertz CT molecular complexity index is 651. The van der Waals surface area contributed by atoms with Crippen LogP contribution in [0.3, 0.4) is 0 Å². The number of carbonyl (C=O) groups is 3. The minimum absolute atomic E-state index is 0.0992. The Kier molecular flexibility index (Phi) is 5.30. The van der Waals surface area contributed by atoms with Gasteiger partial charge in [-0.2, -0.15) is 0 Å². The monoisotopic (exact) mass is 347 g/mol. The van der Waals surface area contributed by atoms with Crippen LogP contribution >= 0.6 is 0 Å². The van der Waals surface area contributed by atoms with E-state index >= 15 is 0 Å². The van der Waals surface area contributed by atoms with Gasteiger partial charge in [0.25, 0.3) is 0 Å². The van der Waals surface area contributed by atoms with Gasteiger partial charge in [-0.25, -0.2) is 0 Å². The van der Waals surface area contributed by atoms with Crippen molar-refractivity contribution in [2.45, 2.75) is 18.7 Å². The molecular formula is C17H21N3O5. The maximum atomic E-state index is 12.6. The molecule has 8 heteroatoms. The molecule has 2 aliphatic heterocycles. The maximum Gasteiger partial charge on any atom is 0.248 e. The number of rotatable bonds is 5. The molecule has 2 aliphatic rings. The Balaban J connectivity index is 1.56. The normalized spacial score (nSPS) is 23.2. The summed E-state index contributed by atoms with van der Waals surface area (Å²) in [6.07, 6.45) is 0. The van der Waals surface area contributed by atoms with Gasteiger partial charge in [-0.1, -0.05) is 30.3 Å². The number of nitrogens with zero attached hydrogens (tertiary/aromatic N) is 2. The van der Waals surface area contributed by atoms with E-state index in [0.29, 0.717) is 13.2 Å². The highest BCUT2D eigenvalue weighted by atomic mass is 16.5. The lowest BCUT2D eigenvalue weighted by Crippen LogP contribution is -2.70. The van der Waals surface area contributed by atoms with Crippen LogP contribution in [0.4, 0.5) is 0 Å². The van der Waals surface area contributed by atoms with Crippen molar-refractivity contribution in [1.29, 1.82) is 0 Å². The lowest BCUT2D eigenvalue weighted by atomic mass is 10.0. The molecule has 8 nitrogen and oxygen atoms in total. The van der Waals surface area contributed by atoms with Gasteiger partial charge in [-0.15, -0.1) is 0 Å². The number of ether oxygens (including phenoxy) is 1. The molecule has 25 heavy (non-hydrogen) atoms. The van der Waals surface area contributed by atoms with Gasteiger partial charge in [0.15, 0.2) is 0 Å². The zero-order chi connectivity index (χ0) is 17.8. The Labute approximate surface area is 145 Å². The smallest absolute Gasteiger partial charge is 0.248 e. The van der Waals surface area contributed by atoms with Crippen molar-refractivity contribution in [3.63, 3.8) is 0 Å². The van der Waals surface area contributed by atoms with E-state index < -0.39 is 24.6 Å². The van der Waals surface area contributed by atoms with E-state index in [2.05, 4.69) is 5.32 Å². The van der Waals surface area contributed by atoms with Crippen LogP contribution in [0.25, 0.3) is 0 Å². The molecule has 2 N–H and O–H groups in total. The highest BCUT2D eigenvalue weighted by Crippen LogP contribution is 2.17. The van der Waals surface area contributed by atoms with E-state index in [0.717, 1.165) is 5.56 Å². The quantitative estimate of drug-likeness (QED) is 0.692. The van der Waals surface area contributed by atoms with Gasteiger partial charge in [0, 0.05) is 13.1 Å². The molecule has 134 valence electrons. The lowest BCUT2D eigenvalue weighted by Gasteiger charge is -2.45. The fraction of sp³-hybridized carbons (Fsp3) is 0.471. The molecule has 2 saturated heterocycles. The maximum absolute atomic E-state index is 12.6. The van der Waals surface area contributed by atoms with Crippen molar-refractivity contribution in [3.8, 4) is 0 Å². The minimum atomic E-state index is -0.715. The summed E-state index contributed by atoms with van der Waals surface area (Å²) in [5, 5.41) is 11.6. The van der Waals surface area contributed by atoms with Crippen molar-refractivity contribution < 1.29 is 24.2 Å². The second-order valence-corrected chi connectivity index (χ2v) is 6.11. The highest BCUT2D eigenvalue weighted by molar-refractivity contribution is 5.97. The number of aliphatic hydroxyl groups excluding tert-OH is 1. The van der Waals surface area contributed by atoms with Crippen molar-refractivity contribution >= 4 is 17.7 Å². The second-order valence-electron chi connectivity index (χ2n) is 6.11. The van der Waals surface area contributed by atoms with Crippen LogP contribution in [0.15, 0.2) is 30.3 Å². The summed E-state index contributed by atoms with van der Waals surface area (Å²) in [7, 11) is 0. The van der Waals surface area contributed by atoms with Gasteiger partial charge >= 0.3 is 0 Å². The largest absolute Gasteiger partial charge is 0.387 e. The summed E-state index contributed by atoms with van der Waals surface area (Å²) in [6, 6.07) is 8.15. The van der Waals surface area contributed by atoms with Crippen LogP contribution in [0.1, 0.15) is 5.56 Å². The first-order valence-electron chi connectivity index (χ1n) is 8.21. The summed E-state index contributed by atoms with van der Waals surface area (Å²) in [4.78, 5) is 39.4. The number of aliphatic hydroxyl groups is 1. The average molecular weight is 347 g/mol. The summed E-state index contributed by atoms with van der Waals surface area (Å²) >= 11 is 0. The van der Waals surface area contributed by atoms with Crippen molar-refractivity contribution in [2.24, 2.45) is 0 Å². The number of benzene rings is 1. The SMILES string of the molecule is O=C1NC(COCc2ccccc2)C(=O)N2CCN(C(=O)CO)CC12. The zero-order valence-electron chi connectivity index (χ0n) is 13.8. The Morgan fingerprint density at radius 2 is 2.00 bits per heavy atom. The number of fused-ring (bicyclic) bond motifs is 1. The van der Waals surface area contributed by atoms with Gasteiger partial charge in [-0.05, 0) is 5.56 Å². The third-order valence-corrected chi connectivity index (χ3v) is 4.46. The standard InChI is InChI=1S/C17H21N3O5/c21-9-15(22)19-6-7-20-14(8-19)16(23)18-13(17(20)24)11-25-10-12-4-2-1-3-5-12/h1-5,13-14,21H,6-11H2,(H,18,23). The van der Waals surface area contributed by atoms with E-state index in [-0.39, 0.29) is 31.5 Å². The Morgan fingerprint density at radius 3 is 2.72 bits per heavy atom. The first-order chi connectivity index (χ1) is 12.1. The molecule has 1 aromatic carbocycles. The van der Waals surface area contributed by atoms with Gasteiger partial charge in [0.05, 0.1) is 19.8 Å². The molecule has 1 aromatic rings. The summed E-state index contributed by atoms with van der Waals surface area (Å²) in [6.45, 7) is 0.557. The van der Waals surface area contributed by atoms with E-state index in [4.69, 9.17) is 9.84 Å². The van der Waals surface area contributed by atoms with Crippen LogP contribution in [0, 0.1) is 0 Å². The third-order valence-electron chi connectivity index (χ3n) is 4.46. The molecule has 0 aromatic heterocycles. The van der Waals surface area contributed by atoms with Crippen LogP contribution in [-0.2, 0) is 25.7 Å². The molecule has 0 saturated carbocycles. The molecule has 2 atom stereocenters. The average Bonchev–Trinajstić information content (AvgIpc) is 2.65. The van der Waals surface area contributed by atoms with Crippen LogP contribution in [-0.4, -0.2) is 77.6 Å². The molecule has 3 amide bonds. The molecule has 0 bridgehead atoms. The molecule has 0 spiro atoms. The molecule has 3 rings (SSSR count). The van der Waals surface area contributed by atoms with Crippen LogP contribution < -0.4 is 5.32 Å². The van der Waals surface area contributed by atoms with Crippen LogP contribution in [0.2, 0.25) is 0 Å². The fourth-order valence-electron chi connectivity index (χ4n) is 3.11.